The Balaban J connectivity index is 1.83. The normalized spacial score (nSPS) is 10.8. The monoisotopic (exact) mass is 354 g/mol. The summed E-state index contributed by atoms with van der Waals surface area (Å²) in [6.07, 6.45) is 5.92. The van der Waals surface area contributed by atoms with Crippen LogP contribution in [0.3, 0.4) is 0 Å². The van der Waals surface area contributed by atoms with Gasteiger partial charge in [0, 0.05) is 30.3 Å². The van der Waals surface area contributed by atoms with Gasteiger partial charge in [0.25, 0.3) is 0 Å². The van der Waals surface area contributed by atoms with Gasteiger partial charge >= 0.3 is 0 Å². The van der Waals surface area contributed by atoms with Gasteiger partial charge in [0.2, 0.25) is 0 Å². The lowest BCUT2D eigenvalue weighted by molar-refractivity contribution is 0.415. The summed E-state index contributed by atoms with van der Waals surface area (Å²) in [6.45, 7) is 3.11. The van der Waals surface area contributed by atoms with E-state index >= 15 is 0 Å². The predicted octanol–water partition coefficient (Wildman–Crippen LogP) is 4.44. The minimum atomic E-state index is 0.834. The van der Waals surface area contributed by atoms with E-state index in [0.717, 1.165) is 47.4 Å². The Kier molecular flexibility index (Phi) is 6.06. The van der Waals surface area contributed by atoms with Crippen LogP contribution in [0.1, 0.15) is 25.3 Å². The highest BCUT2D eigenvalue weighted by Crippen LogP contribution is 2.27. The van der Waals surface area contributed by atoms with Gasteiger partial charge in [0.15, 0.2) is 11.0 Å². The average molecular weight is 354 g/mol. The number of thioether (sulfide) groups is 1. The lowest BCUT2D eigenvalue weighted by Crippen LogP contribution is -2.02. The number of methoxy groups -OCH3 is 1. The van der Waals surface area contributed by atoms with Crippen molar-refractivity contribution in [1.82, 2.24) is 19.7 Å². The first-order valence-electron chi connectivity index (χ1n) is 8.41. The first-order valence-corrected chi connectivity index (χ1v) is 9.39. The summed E-state index contributed by atoms with van der Waals surface area (Å²) in [4.78, 5) is 4.17. The van der Waals surface area contributed by atoms with Gasteiger partial charge in [-0.2, -0.15) is 0 Å². The molecule has 0 radical (unpaired) electrons. The quantitative estimate of drug-likeness (QED) is 0.560. The third kappa shape index (κ3) is 4.39. The number of benzene rings is 1. The van der Waals surface area contributed by atoms with Gasteiger partial charge in [-0.3, -0.25) is 4.98 Å². The number of nitrogens with zero attached hydrogens (tertiary/aromatic N) is 4. The molecule has 3 rings (SSSR count). The molecule has 0 N–H and O–H groups in total. The highest BCUT2D eigenvalue weighted by atomic mass is 32.2. The number of pyridine rings is 1. The van der Waals surface area contributed by atoms with Crippen LogP contribution in [-0.2, 0) is 12.3 Å². The van der Waals surface area contributed by atoms with Crippen molar-refractivity contribution in [3.8, 4) is 17.1 Å². The van der Waals surface area contributed by atoms with Gasteiger partial charge in [-0.15, -0.1) is 10.2 Å². The first-order chi connectivity index (χ1) is 12.3. The lowest BCUT2D eigenvalue weighted by Gasteiger charge is -2.10. The van der Waals surface area contributed by atoms with Crippen LogP contribution in [0.15, 0.2) is 53.9 Å². The van der Waals surface area contributed by atoms with Crippen LogP contribution in [0.5, 0.6) is 5.75 Å². The van der Waals surface area contributed by atoms with Gasteiger partial charge in [-0.25, -0.2) is 0 Å². The minimum absolute atomic E-state index is 0.834. The molecule has 0 amide bonds. The average Bonchev–Trinajstić information content (AvgIpc) is 3.08. The molecule has 2 heterocycles. The summed E-state index contributed by atoms with van der Waals surface area (Å²) in [5.41, 5.74) is 2.24. The van der Waals surface area contributed by atoms with Gasteiger partial charge < -0.3 is 9.30 Å². The second-order valence-corrected chi connectivity index (χ2v) is 6.63. The summed E-state index contributed by atoms with van der Waals surface area (Å²) >= 11 is 1.70. The largest absolute Gasteiger partial charge is 0.497 e. The summed E-state index contributed by atoms with van der Waals surface area (Å²) in [5, 5.41) is 9.82. The maximum absolute atomic E-state index is 5.24. The molecule has 130 valence electrons. The molecule has 0 saturated carbocycles. The number of hydrogen-bond donors (Lipinski definition) is 0. The minimum Gasteiger partial charge on any atom is -0.497 e. The summed E-state index contributed by atoms with van der Waals surface area (Å²) < 4.78 is 7.45. The number of hydrogen-bond acceptors (Lipinski definition) is 5. The van der Waals surface area contributed by atoms with Crippen LogP contribution >= 0.6 is 11.8 Å². The maximum Gasteiger partial charge on any atom is 0.191 e. The van der Waals surface area contributed by atoms with Crippen LogP contribution in [0.25, 0.3) is 11.4 Å². The Morgan fingerprint density at radius 3 is 2.64 bits per heavy atom. The Hall–Kier alpha value is -2.34. The molecule has 0 aliphatic heterocycles. The van der Waals surface area contributed by atoms with Crippen molar-refractivity contribution in [1.29, 1.82) is 0 Å². The zero-order valence-corrected chi connectivity index (χ0v) is 15.4. The van der Waals surface area contributed by atoms with E-state index in [-0.39, 0.29) is 0 Å². The zero-order valence-electron chi connectivity index (χ0n) is 14.6. The van der Waals surface area contributed by atoms with E-state index in [2.05, 4.69) is 32.7 Å². The molecule has 0 aliphatic rings. The molecule has 6 heteroatoms. The van der Waals surface area contributed by atoms with E-state index in [4.69, 9.17) is 4.74 Å². The van der Waals surface area contributed by atoms with E-state index in [1.54, 1.807) is 25.1 Å². The lowest BCUT2D eigenvalue weighted by atomic mass is 10.2. The van der Waals surface area contributed by atoms with Crippen LogP contribution in [0.4, 0.5) is 0 Å². The van der Waals surface area contributed by atoms with Crippen molar-refractivity contribution in [2.24, 2.45) is 0 Å². The number of ether oxygens (including phenoxy) is 1. The van der Waals surface area contributed by atoms with Crippen molar-refractivity contribution < 1.29 is 4.74 Å². The standard InChI is InChI=1S/C19H22N4OS/c1-3-4-12-23-18(16-7-9-17(24-2)10-8-16)21-22-19(23)25-14-15-6-5-11-20-13-15/h5-11,13H,3-4,12,14H2,1-2H3. The Bertz CT molecular complexity index is 787. The van der Waals surface area contributed by atoms with E-state index in [1.165, 1.54) is 5.56 Å². The fourth-order valence-electron chi connectivity index (χ4n) is 2.50. The predicted molar refractivity (Wildman–Crippen MR) is 101 cm³/mol. The van der Waals surface area contributed by atoms with Crippen molar-refractivity contribution in [3.05, 3.63) is 54.4 Å². The van der Waals surface area contributed by atoms with Gasteiger partial charge in [-0.05, 0) is 42.3 Å². The summed E-state index contributed by atoms with van der Waals surface area (Å²) in [7, 11) is 1.67. The summed E-state index contributed by atoms with van der Waals surface area (Å²) in [5.74, 6) is 2.58. The topological polar surface area (TPSA) is 52.8 Å². The van der Waals surface area contributed by atoms with Crippen molar-refractivity contribution >= 4 is 11.8 Å². The molecule has 0 unspecified atom stereocenters. The van der Waals surface area contributed by atoms with E-state index < -0.39 is 0 Å². The SMILES string of the molecule is CCCCn1c(SCc2cccnc2)nnc1-c1ccc(OC)cc1. The smallest absolute Gasteiger partial charge is 0.191 e. The van der Waals surface area contributed by atoms with Crippen LogP contribution in [-0.4, -0.2) is 26.9 Å². The van der Waals surface area contributed by atoms with E-state index in [1.807, 2.05) is 36.5 Å². The highest BCUT2D eigenvalue weighted by molar-refractivity contribution is 7.98. The molecule has 25 heavy (non-hydrogen) atoms. The number of unbranched alkanes of at least 4 members (excludes halogenated alkanes) is 1. The fraction of sp³-hybridized carbons (Fsp3) is 0.316. The van der Waals surface area contributed by atoms with Crippen LogP contribution in [0, 0.1) is 0 Å². The Labute approximate surface area is 152 Å². The molecule has 1 aromatic carbocycles. The molecule has 0 spiro atoms. The molecule has 0 bridgehead atoms. The fourth-order valence-corrected chi connectivity index (χ4v) is 3.40. The third-order valence-corrected chi connectivity index (χ3v) is 4.93. The second-order valence-electron chi connectivity index (χ2n) is 5.69. The van der Waals surface area contributed by atoms with Crippen molar-refractivity contribution in [2.75, 3.05) is 7.11 Å². The molecule has 3 aromatic rings. The molecular weight excluding hydrogens is 332 g/mol. The second kappa shape index (κ2) is 8.67. The Morgan fingerprint density at radius 1 is 1.12 bits per heavy atom. The zero-order chi connectivity index (χ0) is 17.5. The molecule has 2 aromatic heterocycles. The third-order valence-electron chi connectivity index (χ3n) is 3.89. The maximum atomic E-state index is 5.24. The molecule has 0 saturated heterocycles. The first kappa shape index (κ1) is 17.5. The highest BCUT2D eigenvalue weighted by Gasteiger charge is 2.14. The van der Waals surface area contributed by atoms with Crippen molar-refractivity contribution in [2.45, 2.75) is 37.2 Å². The van der Waals surface area contributed by atoms with Gasteiger partial charge in [0.1, 0.15) is 5.75 Å². The summed E-state index contributed by atoms with van der Waals surface area (Å²) in [6, 6.07) is 12.0. The Morgan fingerprint density at radius 2 is 1.96 bits per heavy atom. The molecular formula is C19H22N4OS. The molecule has 0 fully saturated rings. The molecule has 0 aliphatic carbocycles. The van der Waals surface area contributed by atoms with Gasteiger partial charge in [-0.1, -0.05) is 31.2 Å². The van der Waals surface area contributed by atoms with Crippen molar-refractivity contribution in [3.63, 3.8) is 0 Å². The van der Waals surface area contributed by atoms with Crippen LogP contribution < -0.4 is 4.74 Å². The molecule has 5 nitrogen and oxygen atoms in total. The number of aromatic nitrogens is 4. The molecule has 0 atom stereocenters. The van der Waals surface area contributed by atoms with Gasteiger partial charge in [0.05, 0.1) is 7.11 Å². The van der Waals surface area contributed by atoms with Crippen LogP contribution in [0.2, 0.25) is 0 Å². The van der Waals surface area contributed by atoms with E-state index in [9.17, 15) is 0 Å². The number of rotatable bonds is 8. The van der Waals surface area contributed by atoms with E-state index in [0.29, 0.717) is 0 Å².